The van der Waals surface area contributed by atoms with Crippen LogP contribution < -0.4 is 11.1 Å². The number of hydrogen-bond acceptors (Lipinski definition) is 5. The molecular weight excluding hydrogens is 278 g/mol. The summed E-state index contributed by atoms with van der Waals surface area (Å²) in [7, 11) is 0. The molecule has 1 aromatic rings. The Balaban J connectivity index is 1.99. The number of nitrogens with one attached hydrogen (secondary N) is 1. The highest BCUT2D eigenvalue weighted by Gasteiger charge is 2.34. The van der Waals surface area contributed by atoms with Gasteiger partial charge in [-0.3, -0.25) is 9.59 Å². The number of rotatable bonds is 4. The zero-order valence-corrected chi connectivity index (χ0v) is 11.7. The number of carbonyl (C=O) groups is 2. The summed E-state index contributed by atoms with van der Waals surface area (Å²) in [5.74, 6) is -0.572. The minimum Gasteiger partial charge on any atom is -0.365 e. The topological polar surface area (TPSA) is 102 Å². The summed E-state index contributed by atoms with van der Waals surface area (Å²) in [4.78, 5) is 35.2. The molecule has 0 aromatic carbocycles. The third-order valence-electron chi connectivity index (χ3n) is 3.80. The van der Waals surface area contributed by atoms with Crippen LogP contribution >= 0.6 is 11.3 Å². The number of thiophene rings is 1. The Morgan fingerprint density at radius 3 is 2.65 bits per heavy atom. The van der Waals surface area contributed by atoms with E-state index in [1.54, 1.807) is 0 Å². The zero-order valence-electron chi connectivity index (χ0n) is 10.8. The van der Waals surface area contributed by atoms with E-state index in [4.69, 9.17) is 5.73 Å². The van der Waals surface area contributed by atoms with E-state index < -0.39 is 11.9 Å². The number of primary amides is 1. The van der Waals surface area contributed by atoms with Gasteiger partial charge < -0.3 is 11.1 Å². The molecule has 0 radical (unpaired) electrons. The lowest BCUT2D eigenvalue weighted by atomic mass is 9.92. The van der Waals surface area contributed by atoms with Gasteiger partial charge in [0.25, 0.3) is 5.91 Å². The number of nitroso groups, excluding NO2 is 1. The first-order valence-electron chi connectivity index (χ1n) is 6.70. The van der Waals surface area contributed by atoms with Crippen LogP contribution in [0.1, 0.15) is 52.5 Å². The van der Waals surface area contributed by atoms with Crippen LogP contribution in [-0.4, -0.2) is 11.8 Å². The first-order valence-corrected chi connectivity index (χ1v) is 7.52. The van der Waals surface area contributed by atoms with Gasteiger partial charge in [0, 0.05) is 10.8 Å². The van der Waals surface area contributed by atoms with E-state index in [1.165, 1.54) is 11.3 Å². The molecule has 0 spiro atoms. The van der Waals surface area contributed by atoms with Crippen LogP contribution in [0.2, 0.25) is 0 Å². The highest BCUT2D eigenvalue weighted by Crippen LogP contribution is 2.44. The maximum absolute atomic E-state index is 11.9. The molecule has 1 atom stereocenters. The van der Waals surface area contributed by atoms with Gasteiger partial charge in [-0.25, -0.2) is 0 Å². The van der Waals surface area contributed by atoms with Crippen LogP contribution in [0.15, 0.2) is 5.18 Å². The van der Waals surface area contributed by atoms with Crippen molar-refractivity contribution in [3.05, 3.63) is 20.9 Å². The Kier molecular flexibility index (Phi) is 3.29. The van der Waals surface area contributed by atoms with E-state index >= 15 is 0 Å². The van der Waals surface area contributed by atoms with Crippen molar-refractivity contribution < 1.29 is 9.59 Å². The van der Waals surface area contributed by atoms with Gasteiger partial charge >= 0.3 is 0 Å². The number of carbonyl (C=O) groups excluding carboxylic acids is 2. The number of anilines is 1. The van der Waals surface area contributed by atoms with E-state index in [9.17, 15) is 14.5 Å². The van der Waals surface area contributed by atoms with E-state index in [-0.39, 0.29) is 11.8 Å². The average Bonchev–Trinajstić information content (AvgIpc) is 3.19. The zero-order chi connectivity index (χ0) is 14.3. The van der Waals surface area contributed by atoms with Gasteiger partial charge in [-0.2, -0.15) is 4.91 Å². The fourth-order valence-corrected chi connectivity index (χ4v) is 3.93. The van der Waals surface area contributed by atoms with Crippen molar-refractivity contribution in [2.45, 2.75) is 38.1 Å². The third kappa shape index (κ3) is 2.22. The molecule has 1 heterocycles. The van der Waals surface area contributed by atoms with Crippen molar-refractivity contribution in [1.82, 2.24) is 0 Å². The summed E-state index contributed by atoms with van der Waals surface area (Å²) in [5, 5.41) is 6.40. The second-order valence-electron chi connectivity index (χ2n) is 5.29. The Hall–Kier alpha value is -1.76. The third-order valence-corrected chi connectivity index (χ3v) is 5.05. The maximum Gasteiger partial charge on any atom is 0.251 e. The van der Waals surface area contributed by atoms with Crippen molar-refractivity contribution in [3.8, 4) is 0 Å². The summed E-state index contributed by atoms with van der Waals surface area (Å²) >= 11 is 1.27. The fourth-order valence-electron chi connectivity index (χ4n) is 2.61. The van der Waals surface area contributed by atoms with E-state index in [0.717, 1.165) is 29.7 Å². The number of amides is 2. The molecule has 0 bridgehead atoms. The molecular formula is C13H15N3O3S. The summed E-state index contributed by atoms with van der Waals surface area (Å²) in [6.45, 7) is 0. The molecule has 2 aliphatic carbocycles. The normalized spacial score (nSPS) is 21.1. The van der Waals surface area contributed by atoms with Gasteiger partial charge in [0.05, 0.1) is 5.56 Å². The Morgan fingerprint density at radius 2 is 2.05 bits per heavy atom. The van der Waals surface area contributed by atoms with Crippen LogP contribution in [0, 0.1) is 10.8 Å². The summed E-state index contributed by atoms with van der Waals surface area (Å²) in [5.41, 5.74) is 6.61. The molecule has 6 nitrogen and oxygen atoms in total. The molecule has 0 aliphatic heterocycles. The average molecular weight is 293 g/mol. The molecule has 3 rings (SSSR count). The lowest BCUT2D eigenvalue weighted by Gasteiger charge is -2.16. The van der Waals surface area contributed by atoms with E-state index in [2.05, 4.69) is 10.5 Å². The van der Waals surface area contributed by atoms with Crippen molar-refractivity contribution in [2.75, 3.05) is 5.32 Å². The Bertz CT molecular complexity index is 592. The van der Waals surface area contributed by atoms with Gasteiger partial charge in [-0.15, -0.1) is 11.3 Å². The van der Waals surface area contributed by atoms with Gasteiger partial charge in [0.1, 0.15) is 11.0 Å². The quantitative estimate of drug-likeness (QED) is 0.833. The van der Waals surface area contributed by atoms with Crippen LogP contribution in [0.3, 0.4) is 0 Å². The van der Waals surface area contributed by atoms with Gasteiger partial charge in [-0.1, -0.05) is 5.18 Å². The molecule has 1 aromatic heterocycles. The second-order valence-corrected chi connectivity index (χ2v) is 6.34. The molecule has 106 valence electrons. The minimum atomic E-state index is -0.555. The SMILES string of the molecule is NC(=O)c1c(NC(=O)C2CC2)sc2c1CCCC2N=O. The molecule has 3 N–H and O–H groups in total. The van der Waals surface area contributed by atoms with Crippen molar-refractivity contribution in [3.63, 3.8) is 0 Å². The number of nitrogens with zero attached hydrogens (tertiary/aromatic N) is 1. The van der Waals surface area contributed by atoms with Crippen LogP contribution in [0.5, 0.6) is 0 Å². The van der Waals surface area contributed by atoms with E-state index in [0.29, 0.717) is 23.4 Å². The molecule has 1 unspecified atom stereocenters. The predicted octanol–water partition coefficient (Wildman–Crippen LogP) is 2.34. The first-order chi connectivity index (χ1) is 9.61. The van der Waals surface area contributed by atoms with Gasteiger partial charge in [0.15, 0.2) is 0 Å². The van der Waals surface area contributed by atoms with Crippen LogP contribution in [0.4, 0.5) is 5.00 Å². The molecule has 20 heavy (non-hydrogen) atoms. The lowest BCUT2D eigenvalue weighted by molar-refractivity contribution is -0.117. The molecule has 2 aliphatic rings. The molecule has 7 heteroatoms. The standard InChI is InChI=1S/C13H15N3O3S/c14-11(17)9-7-2-1-3-8(16-19)10(7)20-13(9)15-12(18)6-4-5-6/h6,8H,1-5H2,(H2,14,17)(H,15,18). The Labute approximate surface area is 119 Å². The highest BCUT2D eigenvalue weighted by molar-refractivity contribution is 7.17. The predicted molar refractivity (Wildman–Crippen MR) is 75.7 cm³/mol. The maximum atomic E-state index is 11.9. The lowest BCUT2D eigenvalue weighted by Crippen LogP contribution is -2.19. The van der Waals surface area contributed by atoms with Crippen LogP contribution in [-0.2, 0) is 11.2 Å². The first kappa shape index (κ1) is 13.2. The van der Waals surface area contributed by atoms with Gasteiger partial charge in [0.2, 0.25) is 5.91 Å². The summed E-state index contributed by atoms with van der Waals surface area (Å²) in [6.07, 6.45) is 3.97. The highest BCUT2D eigenvalue weighted by atomic mass is 32.1. The monoisotopic (exact) mass is 293 g/mol. The Morgan fingerprint density at radius 1 is 1.30 bits per heavy atom. The number of hydrogen-bond donors (Lipinski definition) is 2. The summed E-state index contributed by atoms with van der Waals surface area (Å²) < 4.78 is 0. The molecule has 1 saturated carbocycles. The number of fused-ring (bicyclic) bond motifs is 1. The fraction of sp³-hybridized carbons (Fsp3) is 0.538. The largest absolute Gasteiger partial charge is 0.365 e. The molecule has 2 amide bonds. The van der Waals surface area contributed by atoms with E-state index in [1.807, 2.05) is 0 Å². The minimum absolute atomic E-state index is 0.0508. The molecule has 1 fully saturated rings. The van der Waals surface area contributed by atoms with Crippen molar-refractivity contribution in [2.24, 2.45) is 16.8 Å². The van der Waals surface area contributed by atoms with Crippen molar-refractivity contribution >= 4 is 28.2 Å². The van der Waals surface area contributed by atoms with Crippen molar-refractivity contribution in [1.29, 1.82) is 0 Å². The number of nitrogens with two attached hydrogens (primary N) is 1. The molecule has 0 saturated heterocycles. The van der Waals surface area contributed by atoms with Crippen LogP contribution in [0.25, 0.3) is 0 Å². The second kappa shape index (κ2) is 4.97. The summed E-state index contributed by atoms with van der Waals surface area (Å²) in [6, 6.07) is -0.423. The van der Waals surface area contributed by atoms with Gasteiger partial charge in [-0.05, 0) is 37.7 Å². The smallest absolute Gasteiger partial charge is 0.251 e.